The summed E-state index contributed by atoms with van der Waals surface area (Å²) in [4.78, 5) is 4.16. The van der Waals surface area contributed by atoms with Crippen LogP contribution in [0.25, 0.3) is 10.9 Å². The lowest BCUT2D eigenvalue weighted by molar-refractivity contribution is -0.0489. The Hall–Kier alpha value is -2.40. The average molecular weight is 349 g/mol. The maximum Gasteiger partial charge on any atom is 0.387 e. The van der Waals surface area contributed by atoms with E-state index in [9.17, 15) is 8.78 Å². The zero-order chi connectivity index (χ0) is 16.9. The lowest BCUT2D eigenvalue weighted by Crippen LogP contribution is -2.07. The van der Waals surface area contributed by atoms with Crippen LogP contribution in [-0.4, -0.2) is 18.1 Å². The van der Waals surface area contributed by atoms with E-state index in [4.69, 9.17) is 11.6 Å². The first-order valence-corrected chi connectivity index (χ1v) is 7.82. The third kappa shape index (κ3) is 3.92. The third-order valence-corrected chi connectivity index (χ3v) is 3.80. The van der Waals surface area contributed by atoms with Gasteiger partial charge in [-0.15, -0.1) is 0 Å². The molecule has 0 saturated carbocycles. The van der Waals surface area contributed by atoms with E-state index in [0.29, 0.717) is 17.1 Å². The zero-order valence-electron chi connectivity index (χ0n) is 12.7. The summed E-state index contributed by atoms with van der Waals surface area (Å²) < 4.78 is 29.5. The van der Waals surface area contributed by atoms with Crippen LogP contribution in [0, 0.1) is 0 Å². The molecule has 0 unspecified atom stereocenters. The molecule has 6 heteroatoms. The molecule has 0 spiro atoms. The fourth-order valence-corrected chi connectivity index (χ4v) is 2.74. The number of rotatable bonds is 6. The van der Waals surface area contributed by atoms with Crippen molar-refractivity contribution in [3.05, 3.63) is 65.3 Å². The lowest BCUT2D eigenvalue weighted by atomic mass is 10.1. The van der Waals surface area contributed by atoms with Crippen LogP contribution < -0.4 is 10.1 Å². The van der Waals surface area contributed by atoms with Gasteiger partial charge in [-0.1, -0.05) is 23.7 Å². The van der Waals surface area contributed by atoms with Crippen LogP contribution in [0.2, 0.25) is 5.02 Å². The van der Waals surface area contributed by atoms with Gasteiger partial charge < -0.3 is 10.1 Å². The number of nitrogens with one attached hydrogen (secondary N) is 1. The monoisotopic (exact) mass is 348 g/mol. The number of aromatic nitrogens is 1. The Bertz CT molecular complexity index is 842. The second kappa shape index (κ2) is 7.45. The van der Waals surface area contributed by atoms with Crippen molar-refractivity contribution in [2.75, 3.05) is 11.9 Å². The lowest BCUT2D eigenvalue weighted by Gasteiger charge is -2.13. The van der Waals surface area contributed by atoms with Crippen molar-refractivity contribution < 1.29 is 13.5 Å². The molecule has 0 aliphatic carbocycles. The molecule has 0 amide bonds. The molecule has 0 fully saturated rings. The number of ether oxygens (including phenoxy) is 1. The summed E-state index contributed by atoms with van der Waals surface area (Å²) in [6, 6.07) is 14.5. The van der Waals surface area contributed by atoms with Crippen LogP contribution >= 0.6 is 11.6 Å². The van der Waals surface area contributed by atoms with Gasteiger partial charge in [0.15, 0.2) is 5.75 Å². The average Bonchev–Trinajstić information content (AvgIpc) is 2.56. The number of pyridine rings is 1. The molecular weight excluding hydrogens is 334 g/mol. The van der Waals surface area contributed by atoms with Gasteiger partial charge in [0.25, 0.3) is 0 Å². The molecule has 1 N–H and O–H groups in total. The molecule has 0 radical (unpaired) electrons. The Labute approximate surface area is 143 Å². The van der Waals surface area contributed by atoms with Gasteiger partial charge in [0, 0.05) is 28.8 Å². The normalized spacial score (nSPS) is 11.0. The second-order valence-corrected chi connectivity index (χ2v) is 5.63. The van der Waals surface area contributed by atoms with Crippen LogP contribution in [0.4, 0.5) is 14.5 Å². The Morgan fingerprint density at radius 3 is 2.79 bits per heavy atom. The van der Waals surface area contributed by atoms with Crippen molar-refractivity contribution >= 4 is 28.2 Å². The predicted octanol–water partition coefficient (Wildman–Crippen LogP) is 5.14. The summed E-state index contributed by atoms with van der Waals surface area (Å²) in [6.07, 6.45) is 2.34. The first-order valence-electron chi connectivity index (χ1n) is 7.44. The fourth-order valence-electron chi connectivity index (χ4n) is 2.53. The van der Waals surface area contributed by atoms with E-state index in [1.807, 2.05) is 30.3 Å². The van der Waals surface area contributed by atoms with E-state index in [-0.39, 0.29) is 5.75 Å². The smallest absolute Gasteiger partial charge is 0.387 e. The highest BCUT2D eigenvalue weighted by Crippen LogP contribution is 2.30. The SMILES string of the molecule is FC(F)Oc1ccc(NCCc2cccc(Cl)c2)c2cccnc12. The standard InChI is InChI=1S/C18H15ClF2N2O/c19-13-4-1-3-12(11-13)8-10-22-15-6-7-16(24-18(20)21)17-14(15)5-2-9-23-17/h1-7,9,11,18,22H,8,10H2. The summed E-state index contributed by atoms with van der Waals surface area (Å²) >= 11 is 5.97. The van der Waals surface area contributed by atoms with E-state index in [2.05, 4.69) is 15.0 Å². The number of halogens is 3. The van der Waals surface area contributed by atoms with Gasteiger partial charge in [-0.3, -0.25) is 4.98 Å². The molecule has 3 rings (SSSR count). The van der Waals surface area contributed by atoms with Gasteiger partial charge in [-0.05, 0) is 48.4 Å². The molecular formula is C18H15ClF2N2O. The van der Waals surface area contributed by atoms with Gasteiger partial charge in [0.05, 0.1) is 0 Å². The van der Waals surface area contributed by atoms with Crippen LogP contribution in [0.15, 0.2) is 54.7 Å². The maximum atomic E-state index is 12.5. The molecule has 3 aromatic rings. The minimum absolute atomic E-state index is 0.0704. The number of anilines is 1. The van der Waals surface area contributed by atoms with Gasteiger partial charge in [0.1, 0.15) is 5.52 Å². The van der Waals surface area contributed by atoms with Crippen molar-refractivity contribution in [3.63, 3.8) is 0 Å². The van der Waals surface area contributed by atoms with E-state index >= 15 is 0 Å². The Balaban J connectivity index is 1.77. The molecule has 124 valence electrons. The summed E-state index contributed by atoms with van der Waals surface area (Å²) in [7, 11) is 0. The third-order valence-electron chi connectivity index (χ3n) is 3.57. The number of hydrogen-bond acceptors (Lipinski definition) is 3. The molecule has 0 aliphatic rings. The van der Waals surface area contributed by atoms with Crippen molar-refractivity contribution in [1.29, 1.82) is 0 Å². The summed E-state index contributed by atoms with van der Waals surface area (Å²) in [5.74, 6) is 0.0704. The number of alkyl halides is 2. The van der Waals surface area contributed by atoms with Gasteiger partial charge in [0.2, 0.25) is 0 Å². The molecule has 24 heavy (non-hydrogen) atoms. The number of hydrogen-bond donors (Lipinski definition) is 1. The van der Waals surface area contributed by atoms with Gasteiger partial charge >= 0.3 is 6.61 Å². The molecule has 1 aromatic heterocycles. The molecule has 3 nitrogen and oxygen atoms in total. The topological polar surface area (TPSA) is 34.1 Å². The minimum Gasteiger partial charge on any atom is -0.432 e. The van der Waals surface area contributed by atoms with Crippen LogP contribution in [0.1, 0.15) is 5.56 Å². The molecule has 0 aliphatic heterocycles. The van der Waals surface area contributed by atoms with Gasteiger partial charge in [-0.25, -0.2) is 0 Å². The Kier molecular flexibility index (Phi) is 5.11. The molecule has 1 heterocycles. The van der Waals surface area contributed by atoms with Crippen molar-refractivity contribution in [2.45, 2.75) is 13.0 Å². The zero-order valence-corrected chi connectivity index (χ0v) is 13.4. The molecule has 0 bridgehead atoms. The quantitative estimate of drug-likeness (QED) is 0.669. The molecule has 2 aromatic carbocycles. The van der Waals surface area contributed by atoms with E-state index in [0.717, 1.165) is 23.1 Å². The van der Waals surface area contributed by atoms with E-state index in [1.54, 1.807) is 18.3 Å². The predicted molar refractivity (Wildman–Crippen MR) is 92.0 cm³/mol. The summed E-state index contributed by atoms with van der Waals surface area (Å²) in [5.41, 5.74) is 2.35. The number of fused-ring (bicyclic) bond motifs is 1. The van der Waals surface area contributed by atoms with Gasteiger partial charge in [-0.2, -0.15) is 8.78 Å². The highest BCUT2D eigenvalue weighted by molar-refractivity contribution is 6.30. The highest BCUT2D eigenvalue weighted by Gasteiger charge is 2.11. The minimum atomic E-state index is -2.88. The summed E-state index contributed by atoms with van der Waals surface area (Å²) in [5, 5.41) is 4.75. The van der Waals surface area contributed by atoms with Crippen LogP contribution in [0.3, 0.4) is 0 Å². The molecule has 0 saturated heterocycles. The fraction of sp³-hybridized carbons (Fsp3) is 0.167. The highest BCUT2D eigenvalue weighted by atomic mass is 35.5. The van der Waals surface area contributed by atoms with Crippen molar-refractivity contribution in [1.82, 2.24) is 4.98 Å². The number of nitrogens with zero attached hydrogens (tertiary/aromatic N) is 1. The van der Waals surface area contributed by atoms with E-state index in [1.165, 1.54) is 6.07 Å². The number of benzene rings is 2. The maximum absolute atomic E-state index is 12.5. The summed E-state index contributed by atoms with van der Waals surface area (Å²) in [6.45, 7) is -2.20. The first kappa shape index (κ1) is 16.5. The van der Waals surface area contributed by atoms with Crippen LogP contribution in [0.5, 0.6) is 5.75 Å². The largest absolute Gasteiger partial charge is 0.432 e. The second-order valence-electron chi connectivity index (χ2n) is 5.20. The van der Waals surface area contributed by atoms with Crippen LogP contribution in [-0.2, 0) is 6.42 Å². The van der Waals surface area contributed by atoms with Crippen molar-refractivity contribution in [3.8, 4) is 5.75 Å². The Morgan fingerprint density at radius 1 is 1.12 bits per heavy atom. The first-order chi connectivity index (χ1) is 11.6. The molecule has 0 atom stereocenters. The Morgan fingerprint density at radius 2 is 2.00 bits per heavy atom. The van der Waals surface area contributed by atoms with E-state index < -0.39 is 6.61 Å². The van der Waals surface area contributed by atoms with Crippen molar-refractivity contribution in [2.24, 2.45) is 0 Å².